The van der Waals surface area contributed by atoms with Gasteiger partial charge in [-0.3, -0.25) is 9.59 Å². The maximum atomic E-state index is 13.6. The first kappa shape index (κ1) is 18.7. The number of halogens is 2. The summed E-state index contributed by atoms with van der Waals surface area (Å²) in [4.78, 5) is 25.0. The summed E-state index contributed by atoms with van der Waals surface area (Å²) in [6.07, 6.45) is 0.230. The van der Waals surface area contributed by atoms with Crippen molar-refractivity contribution < 1.29 is 18.4 Å². The number of nitrogens with zero attached hydrogens (tertiary/aromatic N) is 1. The molecule has 0 saturated heterocycles. The standard InChI is InChI=1S/C19H20F2N2O2/c1-13(24)14-4-7-17(8-5-14)22-19(25)9-10-23(2)12-15-3-6-16(20)11-18(15)21/h3-8,11H,9-10,12H2,1-2H3,(H,22,25). The van der Waals surface area contributed by atoms with E-state index in [0.717, 1.165) is 6.07 Å². The van der Waals surface area contributed by atoms with Crippen LogP contribution in [0.1, 0.15) is 29.3 Å². The third-order valence-electron chi connectivity index (χ3n) is 3.75. The number of rotatable bonds is 7. The molecule has 0 saturated carbocycles. The highest BCUT2D eigenvalue weighted by Crippen LogP contribution is 2.13. The fourth-order valence-corrected chi connectivity index (χ4v) is 2.32. The maximum Gasteiger partial charge on any atom is 0.225 e. The number of anilines is 1. The van der Waals surface area contributed by atoms with Gasteiger partial charge in [0.05, 0.1) is 0 Å². The van der Waals surface area contributed by atoms with Crippen LogP contribution in [0.5, 0.6) is 0 Å². The van der Waals surface area contributed by atoms with Crippen LogP contribution in [0.25, 0.3) is 0 Å². The van der Waals surface area contributed by atoms with E-state index in [1.165, 1.54) is 19.1 Å². The van der Waals surface area contributed by atoms with Crippen molar-refractivity contribution in [3.63, 3.8) is 0 Å². The topological polar surface area (TPSA) is 49.4 Å². The third kappa shape index (κ3) is 5.76. The van der Waals surface area contributed by atoms with Crippen molar-refractivity contribution in [2.45, 2.75) is 19.9 Å². The molecule has 0 spiro atoms. The normalized spacial score (nSPS) is 10.8. The van der Waals surface area contributed by atoms with Crippen LogP contribution in [-0.2, 0) is 11.3 Å². The highest BCUT2D eigenvalue weighted by atomic mass is 19.1. The van der Waals surface area contributed by atoms with Crippen molar-refractivity contribution in [2.24, 2.45) is 0 Å². The molecule has 132 valence electrons. The monoisotopic (exact) mass is 346 g/mol. The van der Waals surface area contributed by atoms with E-state index < -0.39 is 11.6 Å². The molecular formula is C19H20F2N2O2. The molecule has 25 heavy (non-hydrogen) atoms. The summed E-state index contributed by atoms with van der Waals surface area (Å²) < 4.78 is 26.5. The zero-order chi connectivity index (χ0) is 18.4. The molecule has 6 heteroatoms. The molecule has 4 nitrogen and oxygen atoms in total. The van der Waals surface area contributed by atoms with Crippen molar-refractivity contribution in [1.29, 1.82) is 0 Å². The van der Waals surface area contributed by atoms with E-state index >= 15 is 0 Å². The smallest absolute Gasteiger partial charge is 0.225 e. The largest absolute Gasteiger partial charge is 0.326 e. The number of hydrogen-bond acceptors (Lipinski definition) is 3. The van der Waals surface area contributed by atoms with Gasteiger partial charge in [-0.2, -0.15) is 0 Å². The van der Waals surface area contributed by atoms with Crippen LogP contribution in [0.15, 0.2) is 42.5 Å². The number of benzene rings is 2. The molecule has 0 bridgehead atoms. The lowest BCUT2D eigenvalue weighted by atomic mass is 10.1. The molecule has 1 amide bonds. The first-order chi connectivity index (χ1) is 11.8. The van der Waals surface area contributed by atoms with Crippen molar-refractivity contribution in [1.82, 2.24) is 4.90 Å². The summed E-state index contributed by atoms with van der Waals surface area (Å²) in [5.41, 5.74) is 1.57. The second-order valence-corrected chi connectivity index (χ2v) is 5.91. The molecule has 0 heterocycles. The third-order valence-corrected chi connectivity index (χ3v) is 3.75. The van der Waals surface area contributed by atoms with E-state index in [2.05, 4.69) is 5.32 Å². The molecule has 1 N–H and O–H groups in total. The van der Waals surface area contributed by atoms with Gasteiger partial charge in [-0.1, -0.05) is 6.07 Å². The Balaban J connectivity index is 1.81. The fraction of sp³-hybridized carbons (Fsp3) is 0.263. The van der Waals surface area contributed by atoms with Gasteiger partial charge in [0.1, 0.15) is 11.6 Å². The lowest BCUT2D eigenvalue weighted by Crippen LogP contribution is -2.24. The Morgan fingerprint density at radius 1 is 1.08 bits per heavy atom. The van der Waals surface area contributed by atoms with Crippen LogP contribution in [0, 0.1) is 11.6 Å². The molecule has 0 aliphatic carbocycles. The van der Waals surface area contributed by atoms with Gasteiger partial charge in [0.15, 0.2) is 5.78 Å². The summed E-state index contributed by atoms with van der Waals surface area (Å²) >= 11 is 0. The van der Waals surface area contributed by atoms with Gasteiger partial charge < -0.3 is 10.2 Å². The number of hydrogen-bond donors (Lipinski definition) is 1. The molecule has 2 rings (SSSR count). The number of ketones is 1. The van der Waals surface area contributed by atoms with Gasteiger partial charge >= 0.3 is 0 Å². The minimum atomic E-state index is -0.612. The molecular weight excluding hydrogens is 326 g/mol. The lowest BCUT2D eigenvalue weighted by molar-refractivity contribution is -0.116. The van der Waals surface area contributed by atoms with Crippen molar-refractivity contribution >= 4 is 17.4 Å². The second kappa shape index (κ2) is 8.48. The van der Waals surface area contributed by atoms with E-state index in [-0.39, 0.29) is 24.7 Å². The fourth-order valence-electron chi connectivity index (χ4n) is 2.32. The Morgan fingerprint density at radius 3 is 2.36 bits per heavy atom. The minimum Gasteiger partial charge on any atom is -0.326 e. The first-order valence-electron chi connectivity index (χ1n) is 7.88. The molecule has 0 unspecified atom stereocenters. The van der Waals surface area contributed by atoms with E-state index in [9.17, 15) is 18.4 Å². The number of amides is 1. The number of nitrogens with one attached hydrogen (secondary N) is 1. The average Bonchev–Trinajstić information content (AvgIpc) is 2.56. The molecule has 0 aliphatic rings. The zero-order valence-electron chi connectivity index (χ0n) is 14.2. The van der Waals surface area contributed by atoms with Gasteiger partial charge in [-0.25, -0.2) is 8.78 Å². The van der Waals surface area contributed by atoms with Crippen LogP contribution in [-0.4, -0.2) is 30.2 Å². The number of Topliss-reactive ketones (excluding diaryl/α,β-unsaturated/α-hetero) is 1. The summed E-state index contributed by atoms with van der Waals surface area (Å²) in [6, 6.07) is 10.1. The summed E-state index contributed by atoms with van der Waals surface area (Å²) in [7, 11) is 1.76. The SMILES string of the molecule is CC(=O)c1ccc(NC(=O)CCN(C)Cc2ccc(F)cc2F)cc1. The summed E-state index contributed by atoms with van der Waals surface area (Å²) in [6.45, 7) is 2.19. The van der Waals surface area contributed by atoms with E-state index in [4.69, 9.17) is 0 Å². The molecule has 0 fully saturated rings. The van der Waals surface area contributed by atoms with Gasteiger partial charge in [-0.15, -0.1) is 0 Å². The molecule has 0 radical (unpaired) electrons. The van der Waals surface area contributed by atoms with Crippen LogP contribution < -0.4 is 5.32 Å². The average molecular weight is 346 g/mol. The van der Waals surface area contributed by atoms with Crippen molar-refractivity contribution in [2.75, 3.05) is 18.9 Å². The summed E-state index contributed by atoms with van der Waals surface area (Å²) in [5.74, 6) is -1.42. The zero-order valence-corrected chi connectivity index (χ0v) is 14.2. The van der Waals surface area contributed by atoms with Crippen LogP contribution in [0.3, 0.4) is 0 Å². The van der Waals surface area contributed by atoms with E-state index in [1.807, 2.05) is 0 Å². The molecule has 2 aromatic carbocycles. The Kier molecular flexibility index (Phi) is 6.36. The Morgan fingerprint density at radius 2 is 1.76 bits per heavy atom. The van der Waals surface area contributed by atoms with Crippen LogP contribution >= 0.6 is 0 Å². The van der Waals surface area contributed by atoms with Gasteiger partial charge in [0.25, 0.3) is 0 Å². The Hall–Kier alpha value is -2.60. The van der Waals surface area contributed by atoms with Gasteiger partial charge in [0.2, 0.25) is 5.91 Å². The molecule has 0 aromatic heterocycles. The van der Waals surface area contributed by atoms with E-state index in [1.54, 1.807) is 36.2 Å². The highest BCUT2D eigenvalue weighted by molar-refractivity contribution is 5.95. The quantitative estimate of drug-likeness (QED) is 0.779. The van der Waals surface area contributed by atoms with Crippen molar-refractivity contribution in [3.05, 3.63) is 65.2 Å². The molecule has 2 aromatic rings. The van der Waals surface area contributed by atoms with Crippen LogP contribution in [0.2, 0.25) is 0 Å². The molecule has 0 atom stereocenters. The Labute approximate surface area is 145 Å². The minimum absolute atomic E-state index is 0.0347. The maximum absolute atomic E-state index is 13.6. The van der Waals surface area contributed by atoms with E-state index in [0.29, 0.717) is 23.4 Å². The highest BCUT2D eigenvalue weighted by Gasteiger charge is 2.09. The number of carbonyl (C=O) groups excluding carboxylic acids is 2. The lowest BCUT2D eigenvalue weighted by Gasteiger charge is -2.17. The van der Waals surface area contributed by atoms with Gasteiger partial charge in [-0.05, 0) is 44.3 Å². The van der Waals surface area contributed by atoms with Crippen molar-refractivity contribution in [3.8, 4) is 0 Å². The second-order valence-electron chi connectivity index (χ2n) is 5.91. The Bertz CT molecular complexity index is 761. The predicted octanol–water partition coefficient (Wildman–Crippen LogP) is 3.63. The first-order valence-corrected chi connectivity index (χ1v) is 7.88. The van der Waals surface area contributed by atoms with Crippen LogP contribution in [0.4, 0.5) is 14.5 Å². The van der Waals surface area contributed by atoms with Gasteiger partial charge in [0, 0.05) is 42.4 Å². The summed E-state index contributed by atoms with van der Waals surface area (Å²) in [5, 5.41) is 2.75. The molecule has 0 aliphatic heterocycles. The predicted molar refractivity (Wildman–Crippen MR) is 92.4 cm³/mol. The number of carbonyl (C=O) groups is 2.